The molecule has 0 aliphatic carbocycles. The van der Waals surface area contributed by atoms with Crippen molar-refractivity contribution in [1.82, 2.24) is 15.6 Å². The Morgan fingerprint density at radius 1 is 1.29 bits per heavy atom. The van der Waals surface area contributed by atoms with Crippen molar-refractivity contribution in [2.75, 3.05) is 31.6 Å². The SMILES string of the molecule is CN=C(NCc1ccnc(N2CCOC(C)C2)c1)NCc1ccccc1Cl.I. The van der Waals surface area contributed by atoms with Crippen LogP contribution in [-0.4, -0.2) is 43.8 Å². The van der Waals surface area contributed by atoms with Crippen molar-refractivity contribution in [2.45, 2.75) is 26.1 Å². The van der Waals surface area contributed by atoms with Crippen molar-refractivity contribution in [3.8, 4) is 0 Å². The Labute approximate surface area is 188 Å². The average molecular weight is 516 g/mol. The first kappa shape index (κ1) is 22.7. The van der Waals surface area contributed by atoms with Crippen LogP contribution in [0.1, 0.15) is 18.1 Å². The second kappa shape index (κ2) is 11.4. The molecular formula is C20H27ClIN5O. The molecule has 0 bridgehead atoms. The molecule has 0 spiro atoms. The molecular weight excluding hydrogens is 489 g/mol. The summed E-state index contributed by atoms with van der Waals surface area (Å²) in [4.78, 5) is 11.1. The van der Waals surface area contributed by atoms with Gasteiger partial charge in [-0.15, -0.1) is 24.0 Å². The lowest BCUT2D eigenvalue weighted by Crippen LogP contribution is -2.41. The van der Waals surface area contributed by atoms with E-state index in [0.29, 0.717) is 13.1 Å². The summed E-state index contributed by atoms with van der Waals surface area (Å²) in [6.45, 7) is 5.85. The molecule has 0 radical (unpaired) electrons. The minimum atomic E-state index is 0. The summed E-state index contributed by atoms with van der Waals surface area (Å²) in [5, 5.41) is 7.38. The Morgan fingerprint density at radius 2 is 2.07 bits per heavy atom. The van der Waals surface area contributed by atoms with Gasteiger partial charge < -0.3 is 20.3 Å². The summed E-state index contributed by atoms with van der Waals surface area (Å²) in [6.07, 6.45) is 2.09. The lowest BCUT2D eigenvalue weighted by Gasteiger charge is -2.32. The van der Waals surface area contributed by atoms with Gasteiger partial charge in [0.25, 0.3) is 0 Å². The van der Waals surface area contributed by atoms with Crippen LogP contribution in [0, 0.1) is 0 Å². The minimum Gasteiger partial charge on any atom is -0.375 e. The maximum atomic E-state index is 6.20. The molecule has 152 valence electrons. The van der Waals surface area contributed by atoms with Crippen molar-refractivity contribution < 1.29 is 4.74 Å². The molecule has 1 aliphatic rings. The van der Waals surface area contributed by atoms with Crippen LogP contribution in [0.3, 0.4) is 0 Å². The Bertz CT molecular complexity index is 789. The monoisotopic (exact) mass is 515 g/mol. The first-order chi connectivity index (χ1) is 13.2. The van der Waals surface area contributed by atoms with E-state index >= 15 is 0 Å². The van der Waals surface area contributed by atoms with E-state index in [-0.39, 0.29) is 30.1 Å². The smallest absolute Gasteiger partial charge is 0.191 e. The van der Waals surface area contributed by atoms with Gasteiger partial charge >= 0.3 is 0 Å². The highest BCUT2D eigenvalue weighted by atomic mass is 127. The fourth-order valence-electron chi connectivity index (χ4n) is 3.00. The van der Waals surface area contributed by atoms with E-state index in [1.54, 1.807) is 7.05 Å². The minimum absolute atomic E-state index is 0. The van der Waals surface area contributed by atoms with E-state index in [9.17, 15) is 0 Å². The highest BCUT2D eigenvalue weighted by Gasteiger charge is 2.18. The molecule has 1 aromatic heterocycles. The van der Waals surface area contributed by atoms with Crippen molar-refractivity contribution in [2.24, 2.45) is 4.99 Å². The molecule has 1 fully saturated rings. The predicted octanol–water partition coefficient (Wildman–Crippen LogP) is 3.44. The molecule has 28 heavy (non-hydrogen) atoms. The standard InChI is InChI=1S/C20H26ClN5O.HI/c1-15-14-26(9-10-27-15)19-11-16(7-8-23-19)12-24-20(22-2)25-13-17-5-3-4-6-18(17)21;/h3-8,11,15H,9-10,12-14H2,1-2H3,(H2,22,24,25);1H. The van der Waals surface area contributed by atoms with Crippen LogP contribution in [0.25, 0.3) is 0 Å². The summed E-state index contributed by atoms with van der Waals surface area (Å²) in [5.41, 5.74) is 2.19. The van der Waals surface area contributed by atoms with Crippen molar-refractivity contribution >= 4 is 47.4 Å². The number of hydrogen-bond acceptors (Lipinski definition) is 4. The first-order valence-corrected chi connectivity index (χ1v) is 9.53. The maximum Gasteiger partial charge on any atom is 0.191 e. The Balaban J connectivity index is 0.00000280. The number of nitrogens with one attached hydrogen (secondary N) is 2. The highest BCUT2D eigenvalue weighted by molar-refractivity contribution is 14.0. The summed E-state index contributed by atoms with van der Waals surface area (Å²) in [7, 11) is 1.76. The van der Waals surface area contributed by atoms with Gasteiger partial charge in [0, 0.05) is 44.4 Å². The van der Waals surface area contributed by atoms with Crippen LogP contribution >= 0.6 is 35.6 Å². The molecule has 1 aromatic carbocycles. The van der Waals surface area contributed by atoms with Gasteiger partial charge in [0.2, 0.25) is 0 Å². The molecule has 0 amide bonds. The molecule has 2 aromatic rings. The molecule has 2 heterocycles. The van der Waals surface area contributed by atoms with Crippen LogP contribution in [0.2, 0.25) is 5.02 Å². The number of aromatic nitrogens is 1. The first-order valence-electron chi connectivity index (χ1n) is 9.15. The van der Waals surface area contributed by atoms with Gasteiger partial charge in [0.15, 0.2) is 5.96 Å². The van der Waals surface area contributed by atoms with E-state index in [1.807, 2.05) is 36.5 Å². The van der Waals surface area contributed by atoms with Gasteiger partial charge in [-0.2, -0.15) is 0 Å². The van der Waals surface area contributed by atoms with E-state index in [0.717, 1.165) is 47.6 Å². The Kier molecular flexibility index (Phi) is 9.27. The third-order valence-corrected chi connectivity index (χ3v) is 4.83. The Morgan fingerprint density at radius 3 is 2.82 bits per heavy atom. The van der Waals surface area contributed by atoms with Crippen molar-refractivity contribution in [3.63, 3.8) is 0 Å². The third kappa shape index (κ3) is 6.49. The molecule has 8 heteroatoms. The number of hydrogen-bond donors (Lipinski definition) is 2. The number of ether oxygens (including phenoxy) is 1. The van der Waals surface area contributed by atoms with Crippen molar-refractivity contribution in [1.29, 1.82) is 0 Å². The van der Waals surface area contributed by atoms with E-state index in [2.05, 4.69) is 38.5 Å². The van der Waals surface area contributed by atoms with Gasteiger partial charge in [-0.25, -0.2) is 4.98 Å². The normalized spacial score (nSPS) is 17.0. The molecule has 1 atom stereocenters. The van der Waals surface area contributed by atoms with Gasteiger partial charge in [-0.05, 0) is 36.2 Å². The van der Waals surface area contributed by atoms with Crippen LogP contribution in [-0.2, 0) is 17.8 Å². The quantitative estimate of drug-likeness (QED) is 0.363. The number of aliphatic imine (C=N–C) groups is 1. The number of guanidine groups is 1. The zero-order chi connectivity index (χ0) is 19.1. The fraction of sp³-hybridized carbons (Fsp3) is 0.400. The lowest BCUT2D eigenvalue weighted by atomic mass is 10.2. The average Bonchev–Trinajstić information content (AvgIpc) is 2.69. The zero-order valence-electron chi connectivity index (χ0n) is 16.2. The maximum absolute atomic E-state index is 6.20. The molecule has 2 N–H and O–H groups in total. The molecule has 1 unspecified atom stereocenters. The lowest BCUT2D eigenvalue weighted by molar-refractivity contribution is 0.0529. The number of nitrogens with zero attached hydrogens (tertiary/aromatic N) is 3. The fourth-order valence-corrected chi connectivity index (χ4v) is 3.20. The predicted molar refractivity (Wildman–Crippen MR) is 126 cm³/mol. The van der Waals surface area contributed by atoms with E-state index in [1.165, 1.54) is 0 Å². The largest absolute Gasteiger partial charge is 0.375 e. The topological polar surface area (TPSA) is 61.8 Å². The number of anilines is 1. The summed E-state index contributed by atoms with van der Waals surface area (Å²) >= 11 is 6.20. The van der Waals surface area contributed by atoms with Crippen molar-refractivity contribution in [3.05, 3.63) is 58.7 Å². The van der Waals surface area contributed by atoms with Gasteiger partial charge in [0.1, 0.15) is 5.82 Å². The molecule has 1 saturated heterocycles. The highest BCUT2D eigenvalue weighted by Crippen LogP contribution is 2.17. The Hall–Kier alpha value is -1.58. The van der Waals surface area contributed by atoms with Crippen LogP contribution in [0.5, 0.6) is 0 Å². The summed E-state index contributed by atoms with van der Waals surface area (Å²) in [6, 6.07) is 11.9. The molecule has 1 aliphatic heterocycles. The van der Waals surface area contributed by atoms with E-state index in [4.69, 9.17) is 16.3 Å². The van der Waals surface area contributed by atoms with E-state index < -0.39 is 0 Å². The summed E-state index contributed by atoms with van der Waals surface area (Å²) < 4.78 is 5.61. The van der Waals surface area contributed by atoms with Gasteiger partial charge in [-0.3, -0.25) is 4.99 Å². The van der Waals surface area contributed by atoms with Gasteiger partial charge in [-0.1, -0.05) is 29.8 Å². The number of morpholine rings is 1. The third-order valence-electron chi connectivity index (χ3n) is 4.46. The molecule has 6 nitrogen and oxygen atoms in total. The molecule has 0 saturated carbocycles. The van der Waals surface area contributed by atoms with Gasteiger partial charge in [0.05, 0.1) is 12.7 Å². The number of pyridine rings is 1. The van der Waals surface area contributed by atoms with Crippen LogP contribution in [0.4, 0.5) is 5.82 Å². The second-order valence-corrected chi connectivity index (χ2v) is 6.93. The number of halogens is 2. The number of benzene rings is 1. The van der Waals surface area contributed by atoms with Crippen LogP contribution < -0.4 is 15.5 Å². The molecule has 3 rings (SSSR count). The second-order valence-electron chi connectivity index (χ2n) is 6.52. The summed E-state index contributed by atoms with van der Waals surface area (Å²) in [5.74, 6) is 1.72. The number of rotatable bonds is 5. The zero-order valence-corrected chi connectivity index (χ0v) is 19.3. The van der Waals surface area contributed by atoms with Crippen LogP contribution in [0.15, 0.2) is 47.6 Å².